The molecule has 0 radical (unpaired) electrons. The van der Waals surface area contributed by atoms with Crippen LogP contribution >= 0.6 is 11.6 Å². The van der Waals surface area contributed by atoms with Gasteiger partial charge in [0.05, 0.1) is 23.5 Å². The molecular formula is C24H26ClN5O. The van der Waals surface area contributed by atoms with Crippen molar-refractivity contribution in [2.75, 3.05) is 25.9 Å². The molecule has 160 valence electrons. The van der Waals surface area contributed by atoms with Gasteiger partial charge in [0.15, 0.2) is 0 Å². The maximum Gasteiger partial charge on any atom is 0.139 e. The van der Waals surface area contributed by atoms with Gasteiger partial charge in [0.25, 0.3) is 0 Å². The molecule has 31 heavy (non-hydrogen) atoms. The van der Waals surface area contributed by atoms with E-state index in [2.05, 4.69) is 23.2 Å². The molecule has 0 aliphatic heterocycles. The number of benzene rings is 2. The van der Waals surface area contributed by atoms with Crippen molar-refractivity contribution in [3.8, 4) is 11.8 Å². The average molecular weight is 436 g/mol. The number of nitrogen functional groups attached to an aromatic ring is 1. The molecule has 0 heterocycles. The van der Waals surface area contributed by atoms with E-state index in [1.54, 1.807) is 18.2 Å². The van der Waals surface area contributed by atoms with Crippen molar-refractivity contribution in [3.05, 3.63) is 70.9 Å². The van der Waals surface area contributed by atoms with Crippen molar-refractivity contribution >= 4 is 28.8 Å². The van der Waals surface area contributed by atoms with Crippen LogP contribution < -0.4 is 10.5 Å². The number of rotatable bonds is 8. The number of amidine groups is 1. The van der Waals surface area contributed by atoms with Crippen LogP contribution in [-0.4, -0.2) is 36.6 Å². The number of aliphatic imine (C=N–C) groups is 1. The van der Waals surface area contributed by atoms with E-state index in [9.17, 15) is 5.26 Å². The second-order valence-corrected chi connectivity index (χ2v) is 7.63. The summed E-state index contributed by atoms with van der Waals surface area (Å²) in [4.78, 5) is 6.32. The number of hydrogen-bond donors (Lipinski definition) is 2. The van der Waals surface area contributed by atoms with Crippen LogP contribution in [0.1, 0.15) is 36.3 Å². The summed E-state index contributed by atoms with van der Waals surface area (Å²) < 4.78 is 5.75. The van der Waals surface area contributed by atoms with Gasteiger partial charge in [0.2, 0.25) is 0 Å². The molecule has 0 aromatic heterocycles. The van der Waals surface area contributed by atoms with Gasteiger partial charge in [-0.25, -0.2) is 4.99 Å². The minimum Gasteiger partial charge on any atom is -0.492 e. The van der Waals surface area contributed by atoms with Crippen molar-refractivity contribution in [1.82, 2.24) is 4.90 Å². The van der Waals surface area contributed by atoms with Gasteiger partial charge in [0.1, 0.15) is 17.7 Å². The fraction of sp³-hybridized carbons (Fsp3) is 0.292. The van der Waals surface area contributed by atoms with Crippen LogP contribution in [0.5, 0.6) is 5.75 Å². The lowest BCUT2D eigenvalue weighted by molar-refractivity contribution is 0.294. The highest BCUT2D eigenvalue weighted by Gasteiger charge is 2.29. The van der Waals surface area contributed by atoms with Gasteiger partial charge in [-0.15, -0.1) is 0 Å². The number of likely N-dealkylation sites (N-methyl/N-ethyl adjacent to an activating group) is 1. The molecule has 1 atom stereocenters. The number of halogens is 1. The average Bonchev–Trinajstić information content (AvgIpc) is 3.20. The molecule has 1 aliphatic carbocycles. The van der Waals surface area contributed by atoms with Crippen molar-refractivity contribution in [2.24, 2.45) is 4.99 Å². The Kier molecular flexibility index (Phi) is 7.69. The van der Waals surface area contributed by atoms with Gasteiger partial charge in [0, 0.05) is 36.8 Å². The van der Waals surface area contributed by atoms with Crippen LogP contribution in [-0.2, 0) is 0 Å². The highest BCUT2D eigenvalue weighted by Crippen LogP contribution is 2.40. The summed E-state index contributed by atoms with van der Waals surface area (Å²) in [5.41, 5.74) is 11.1. The molecule has 3 N–H and O–H groups in total. The maximum absolute atomic E-state index is 9.19. The summed E-state index contributed by atoms with van der Waals surface area (Å²) in [6.07, 6.45) is 2.40. The Morgan fingerprint density at radius 3 is 2.84 bits per heavy atom. The highest BCUT2D eigenvalue weighted by molar-refractivity contribution is 6.56. The van der Waals surface area contributed by atoms with Crippen LogP contribution in [0.25, 0.3) is 0 Å². The van der Waals surface area contributed by atoms with Crippen molar-refractivity contribution in [3.63, 3.8) is 0 Å². The number of ether oxygens (including phenoxy) is 1. The molecule has 1 unspecified atom stereocenters. The topological polar surface area (TPSA) is 98.5 Å². The van der Waals surface area contributed by atoms with Gasteiger partial charge in [-0.3, -0.25) is 5.41 Å². The van der Waals surface area contributed by atoms with Crippen LogP contribution in [0, 0.1) is 16.7 Å². The molecule has 0 saturated carbocycles. The zero-order chi connectivity index (χ0) is 22.2. The Balaban J connectivity index is 1.62. The van der Waals surface area contributed by atoms with E-state index in [1.807, 2.05) is 30.1 Å². The van der Waals surface area contributed by atoms with Crippen molar-refractivity contribution in [1.29, 1.82) is 10.7 Å². The molecule has 7 heteroatoms. The molecule has 0 bridgehead atoms. The van der Waals surface area contributed by atoms with Crippen molar-refractivity contribution in [2.45, 2.75) is 25.2 Å². The lowest BCUT2D eigenvalue weighted by Gasteiger charge is -2.21. The van der Waals surface area contributed by atoms with Crippen molar-refractivity contribution < 1.29 is 4.74 Å². The molecule has 1 aliphatic rings. The summed E-state index contributed by atoms with van der Waals surface area (Å²) in [5.74, 6) is 1.09. The van der Waals surface area contributed by atoms with Crippen LogP contribution in [0.15, 0.2) is 64.8 Å². The number of nitrogens with two attached hydrogens (primary N) is 1. The van der Waals surface area contributed by atoms with E-state index in [1.165, 1.54) is 11.2 Å². The zero-order valence-electron chi connectivity index (χ0n) is 17.5. The summed E-state index contributed by atoms with van der Waals surface area (Å²) in [7, 11) is 1.90. The third-order valence-corrected chi connectivity index (χ3v) is 5.50. The molecular weight excluding hydrogens is 410 g/mol. The number of allylic oxidation sites excluding steroid dienone is 1. The number of nitrogens with one attached hydrogen (secondary N) is 1. The van der Waals surface area contributed by atoms with Gasteiger partial charge < -0.3 is 15.4 Å². The Bertz CT molecular complexity index is 1030. The van der Waals surface area contributed by atoms with E-state index in [0.29, 0.717) is 42.4 Å². The number of anilines is 1. The molecule has 0 saturated heterocycles. The predicted molar refractivity (Wildman–Crippen MR) is 126 cm³/mol. The largest absolute Gasteiger partial charge is 0.492 e. The number of nitriles is 1. The second kappa shape index (κ2) is 10.6. The summed E-state index contributed by atoms with van der Waals surface area (Å²) >= 11 is 5.82. The molecule has 0 amide bonds. The second-order valence-electron chi connectivity index (χ2n) is 7.43. The smallest absolute Gasteiger partial charge is 0.139 e. The van der Waals surface area contributed by atoms with Crippen LogP contribution in [0.4, 0.5) is 5.69 Å². The van der Waals surface area contributed by atoms with Gasteiger partial charge >= 0.3 is 0 Å². The quantitative estimate of drug-likeness (QED) is 0.266. The highest BCUT2D eigenvalue weighted by atomic mass is 35.5. The van der Waals surface area contributed by atoms with E-state index < -0.39 is 0 Å². The standard InChI is InChI=1S/C24H26ClN5O/c1-30(12-5-13-31-22-14-19(27)9-8-18(22)15-26)24(28)21-11-10-20(23(21)29-16-25)17-6-3-2-4-7-17/h2-4,6-9,14,16,20,28H,5,10-13,27H2,1H3/b28-24?,29-16+. The van der Waals surface area contributed by atoms with E-state index >= 15 is 0 Å². The first kappa shape index (κ1) is 22.4. The summed E-state index contributed by atoms with van der Waals surface area (Å²) in [5, 5.41) is 17.9. The monoisotopic (exact) mass is 435 g/mol. The lowest BCUT2D eigenvalue weighted by atomic mass is 9.96. The van der Waals surface area contributed by atoms with E-state index in [-0.39, 0.29) is 5.92 Å². The first-order valence-corrected chi connectivity index (χ1v) is 10.6. The lowest BCUT2D eigenvalue weighted by Crippen LogP contribution is -2.29. The van der Waals surface area contributed by atoms with Gasteiger partial charge in [-0.05, 0) is 37.0 Å². The summed E-state index contributed by atoms with van der Waals surface area (Å²) in [6.45, 7) is 1.06. The molecule has 0 fully saturated rings. The third-order valence-electron chi connectivity index (χ3n) is 5.40. The first-order valence-electron chi connectivity index (χ1n) is 10.2. The van der Waals surface area contributed by atoms with E-state index in [0.717, 1.165) is 24.1 Å². The first-order chi connectivity index (χ1) is 15.0. The summed E-state index contributed by atoms with van der Waals surface area (Å²) in [6, 6.07) is 17.3. The SMILES string of the molecule is CN(CCCOc1cc(N)ccc1C#N)C(=N)C1=C(/N=C/Cl)C(c2ccccc2)CC1. The maximum atomic E-state index is 9.19. The molecule has 2 aromatic carbocycles. The van der Waals surface area contributed by atoms with Crippen LogP contribution in [0.2, 0.25) is 0 Å². The fourth-order valence-electron chi connectivity index (χ4n) is 3.81. The Morgan fingerprint density at radius 1 is 1.35 bits per heavy atom. The number of nitrogens with zero attached hydrogens (tertiary/aromatic N) is 3. The Morgan fingerprint density at radius 2 is 2.13 bits per heavy atom. The van der Waals surface area contributed by atoms with Gasteiger partial charge in [-0.2, -0.15) is 5.26 Å². The Hall–Kier alpha value is -3.30. The van der Waals surface area contributed by atoms with Crippen LogP contribution in [0.3, 0.4) is 0 Å². The normalized spacial score (nSPS) is 15.8. The molecule has 0 spiro atoms. The minimum absolute atomic E-state index is 0.149. The zero-order valence-corrected chi connectivity index (χ0v) is 18.3. The Labute approximate surface area is 188 Å². The van der Waals surface area contributed by atoms with E-state index in [4.69, 9.17) is 27.5 Å². The van der Waals surface area contributed by atoms with Gasteiger partial charge in [-0.1, -0.05) is 41.9 Å². The molecule has 2 aromatic rings. The minimum atomic E-state index is 0.149. The number of hydrogen-bond acceptors (Lipinski definition) is 5. The predicted octanol–water partition coefficient (Wildman–Crippen LogP) is 4.92. The molecule has 6 nitrogen and oxygen atoms in total. The third kappa shape index (κ3) is 5.44. The fourth-order valence-corrected chi connectivity index (χ4v) is 3.92. The molecule has 3 rings (SSSR count).